The first-order chi connectivity index (χ1) is 7.90. The van der Waals surface area contributed by atoms with Crippen LogP contribution in [0.3, 0.4) is 0 Å². The lowest BCUT2D eigenvalue weighted by atomic mass is 10.0. The highest BCUT2D eigenvalue weighted by Crippen LogP contribution is 2.11. The molecule has 0 saturated carbocycles. The van der Waals surface area contributed by atoms with Crippen LogP contribution in [0.15, 0.2) is 5.38 Å². The Kier molecular flexibility index (Phi) is 5.08. The zero-order valence-corrected chi connectivity index (χ0v) is 11.8. The molecule has 0 aliphatic rings. The van der Waals surface area contributed by atoms with Gasteiger partial charge in [0.2, 0.25) is 5.91 Å². The van der Waals surface area contributed by atoms with E-state index in [2.05, 4.69) is 18.8 Å². The molecule has 0 aromatic carbocycles. The number of amides is 1. The van der Waals surface area contributed by atoms with Crippen LogP contribution in [0.2, 0.25) is 0 Å². The summed E-state index contributed by atoms with van der Waals surface area (Å²) in [4.78, 5) is 18.0. The van der Waals surface area contributed by atoms with Crippen LogP contribution in [-0.4, -0.2) is 28.9 Å². The maximum atomic E-state index is 12.0. The van der Waals surface area contributed by atoms with Crippen molar-refractivity contribution in [3.05, 3.63) is 16.1 Å². The molecule has 0 aliphatic carbocycles. The number of thiazole rings is 1. The highest BCUT2D eigenvalue weighted by atomic mass is 32.1. The number of likely N-dealkylation sites (N-methyl/N-ethyl adjacent to an activating group) is 1. The number of carbonyl (C=O) groups is 1. The van der Waals surface area contributed by atoms with Crippen molar-refractivity contribution in [3.8, 4) is 0 Å². The normalized spacial score (nSPS) is 12.8. The second-order valence-corrected chi connectivity index (χ2v) is 5.85. The van der Waals surface area contributed by atoms with Gasteiger partial charge < -0.3 is 10.6 Å². The lowest BCUT2D eigenvalue weighted by molar-refractivity contribution is -0.132. The van der Waals surface area contributed by atoms with Crippen molar-refractivity contribution >= 4 is 17.2 Å². The SMILES string of the molecule is Cc1nc(CN(C)C(=O)C(N)CC(C)C)cs1. The first kappa shape index (κ1) is 14.1. The van der Waals surface area contributed by atoms with E-state index in [1.165, 1.54) is 0 Å². The van der Waals surface area contributed by atoms with Crippen LogP contribution in [0.25, 0.3) is 0 Å². The summed E-state index contributed by atoms with van der Waals surface area (Å²) in [7, 11) is 1.78. The minimum atomic E-state index is -0.403. The second-order valence-electron chi connectivity index (χ2n) is 4.79. The molecule has 0 bridgehead atoms. The Morgan fingerprint density at radius 3 is 2.71 bits per heavy atom. The van der Waals surface area contributed by atoms with Crippen molar-refractivity contribution in [3.63, 3.8) is 0 Å². The molecule has 17 heavy (non-hydrogen) atoms. The number of aromatic nitrogens is 1. The van der Waals surface area contributed by atoms with Gasteiger partial charge in [0.05, 0.1) is 23.3 Å². The number of carbonyl (C=O) groups excluding carboxylic acids is 1. The van der Waals surface area contributed by atoms with E-state index >= 15 is 0 Å². The second kappa shape index (κ2) is 6.12. The van der Waals surface area contributed by atoms with E-state index in [1.54, 1.807) is 23.3 Å². The Bertz CT molecular complexity index is 376. The number of aryl methyl sites for hydroxylation is 1. The highest BCUT2D eigenvalue weighted by Gasteiger charge is 2.19. The average molecular weight is 255 g/mol. The van der Waals surface area contributed by atoms with Crippen molar-refractivity contribution in [2.45, 2.75) is 39.8 Å². The van der Waals surface area contributed by atoms with Crippen LogP contribution < -0.4 is 5.73 Å². The zero-order chi connectivity index (χ0) is 13.0. The average Bonchev–Trinajstić information content (AvgIpc) is 2.61. The molecule has 0 fully saturated rings. The lowest BCUT2D eigenvalue weighted by Crippen LogP contribution is -2.42. The summed E-state index contributed by atoms with van der Waals surface area (Å²) in [5, 5.41) is 3.00. The molecule has 96 valence electrons. The van der Waals surface area contributed by atoms with Crippen molar-refractivity contribution in [2.75, 3.05) is 7.05 Å². The molecule has 1 aromatic rings. The minimum absolute atomic E-state index is 0.00986. The molecule has 0 radical (unpaired) electrons. The molecule has 0 aliphatic heterocycles. The third-order valence-corrected chi connectivity index (χ3v) is 3.31. The summed E-state index contributed by atoms with van der Waals surface area (Å²) in [6.45, 7) is 6.63. The molecule has 4 nitrogen and oxygen atoms in total. The quantitative estimate of drug-likeness (QED) is 0.872. The minimum Gasteiger partial charge on any atom is -0.338 e. The van der Waals surface area contributed by atoms with E-state index in [-0.39, 0.29) is 5.91 Å². The molecule has 1 rings (SSSR count). The van der Waals surface area contributed by atoms with Crippen molar-refractivity contribution in [1.29, 1.82) is 0 Å². The molecule has 1 unspecified atom stereocenters. The van der Waals surface area contributed by atoms with Crippen LogP contribution in [0, 0.1) is 12.8 Å². The summed E-state index contributed by atoms with van der Waals surface area (Å²) < 4.78 is 0. The van der Waals surface area contributed by atoms with E-state index in [0.717, 1.165) is 17.1 Å². The topological polar surface area (TPSA) is 59.2 Å². The van der Waals surface area contributed by atoms with E-state index in [4.69, 9.17) is 5.73 Å². The first-order valence-electron chi connectivity index (χ1n) is 5.81. The summed E-state index contributed by atoms with van der Waals surface area (Å²) >= 11 is 1.60. The van der Waals surface area contributed by atoms with E-state index in [0.29, 0.717) is 12.5 Å². The molecular formula is C12H21N3OS. The summed E-state index contributed by atoms with van der Waals surface area (Å²) in [6, 6.07) is -0.403. The molecule has 1 amide bonds. The fourth-order valence-corrected chi connectivity index (χ4v) is 2.30. The fraction of sp³-hybridized carbons (Fsp3) is 0.667. The van der Waals surface area contributed by atoms with Gasteiger partial charge in [-0.05, 0) is 19.3 Å². The molecular weight excluding hydrogens is 234 g/mol. The summed E-state index contributed by atoms with van der Waals surface area (Å²) in [6.07, 6.45) is 0.721. The molecule has 1 atom stereocenters. The van der Waals surface area contributed by atoms with E-state index in [9.17, 15) is 4.79 Å². The van der Waals surface area contributed by atoms with Crippen molar-refractivity contribution in [2.24, 2.45) is 11.7 Å². The van der Waals surface area contributed by atoms with Gasteiger partial charge in [-0.25, -0.2) is 4.98 Å². The van der Waals surface area contributed by atoms with Gasteiger partial charge in [-0.15, -0.1) is 11.3 Å². The number of hydrogen-bond acceptors (Lipinski definition) is 4. The summed E-state index contributed by atoms with van der Waals surface area (Å²) in [5.41, 5.74) is 6.80. The number of nitrogens with two attached hydrogens (primary N) is 1. The summed E-state index contributed by atoms with van der Waals surface area (Å²) in [5.74, 6) is 0.424. The molecule has 2 N–H and O–H groups in total. The number of nitrogens with zero attached hydrogens (tertiary/aromatic N) is 2. The smallest absolute Gasteiger partial charge is 0.239 e. The van der Waals surface area contributed by atoms with Crippen LogP contribution in [0.4, 0.5) is 0 Å². The van der Waals surface area contributed by atoms with Crippen LogP contribution in [0.1, 0.15) is 31.0 Å². The molecule has 5 heteroatoms. The molecule has 1 heterocycles. The number of rotatable bonds is 5. The Labute approximate surface area is 107 Å². The Hall–Kier alpha value is -0.940. The standard InChI is InChI=1S/C12H21N3OS/c1-8(2)5-11(13)12(16)15(4)6-10-7-17-9(3)14-10/h7-8,11H,5-6,13H2,1-4H3. The highest BCUT2D eigenvalue weighted by molar-refractivity contribution is 7.09. The van der Waals surface area contributed by atoms with Crippen molar-refractivity contribution < 1.29 is 4.79 Å². The maximum absolute atomic E-state index is 12.0. The van der Waals surface area contributed by atoms with Crippen LogP contribution in [0.5, 0.6) is 0 Å². The van der Waals surface area contributed by atoms with Gasteiger partial charge in [-0.2, -0.15) is 0 Å². The number of hydrogen-bond donors (Lipinski definition) is 1. The predicted molar refractivity (Wildman–Crippen MR) is 70.8 cm³/mol. The van der Waals surface area contributed by atoms with Crippen LogP contribution in [-0.2, 0) is 11.3 Å². The fourth-order valence-electron chi connectivity index (χ4n) is 1.69. The van der Waals surface area contributed by atoms with Gasteiger partial charge in [0.25, 0.3) is 0 Å². The molecule has 0 spiro atoms. The third-order valence-electron chi connectivity index (χ3n) is 2.48. The Balaban J connectivity index is 2.52. The zero-order valence-electron chi connectivity index (χ0n) is 10.9. The maximum Gasteiger partial charge on any atom is 0.239 e. The lowest BCUT2D eigenvalue weighted by Gasteiger charge is -2.21. The van der Waals surface area contributed by atoms with E-state index < -0.39 is 6.04 Å². The predicted octanol–water partition coefficient (Wildman–Crippen LogP) is 1.78. The molecule has 0 saturated heterocycles. The first-order valence-corrected chi connectivity index (χ1v) is 6.69. The third kappa shape index (κ3) is 4.44. The Morgan fingerprint density at radius 1 is 1.59 bits per heavy atom. The van der Waals surface area contributed by atoms with Gasteiger partial charge >= 0.3 is 0 Å². The van der Waals surface area contributed by atoms with Gasteiger partial charge in [0, 0.05) is 12.4 Å². The van der Waals surface area contributed by atoms with Gasteiger partial charge in [-0.3, -0.25) is 4.79 Å². The molecule has 1 aromatic heterocycles. The van der Waals surface area contributed by atoms with Crippen molar-refractivity contribution in [1.82, 2.24) is 9.88 Å². The van der Waals surface area contributed by atoms with Gasteiger partial charge in [-0.1, -0.05) is 13.8 Å². The van der Waals surface area contributed by atoms with E-state index in [1.807, 2.05) is 12.3 Å². The Morgan fingerprint density at radius 2 is 2.24 bits per heavy atom. The van der Waals surface area contributed by atoms with Gasteiger partial charge in [0.15, 0.2) is 0 Å². The largest absolute Gasteiger partial charge is 0.338 e. The van der Waals surface area contributed by atoms with Gasteiger partial charge in [0.1, 0.15) is 0 Å². The monoisotopic (exact) mass is 255 g/mol. The van der Waals surface area contributed by atoms with Crippen LogP contribution >= 0.6 is 11.3 Å².